The second-order valence-electron chi connectivity index (χ2n) is 1.82. The fourth-order valence-corrected chi connectivity index (χ4v) is 0.636. The van der Waals surface area contributed by atoms with Crippen LogP contribution in [0.2, 0.25) is 0 Å². The first-order valence-electron chi connectivity index (χ1n) is 3.02. The van der Waals surface area contributed by atoms with Crippen LogP contribution < -0.4 is 5.32 Å². The fourth-order valence-electron chi connectivity index (χ4n) is 0.636. The van der Waals surface area contributed by atoms with E-state index in [9.17, 15) is 0 Å². The summed E-state index contributed by atoms with van der Waals surface area (Å²) in [5, 5.41) is 2.94. The molecular weight excluding hydrogens is 126 g/mol. The quantitative estimate of drug-likeness (QED) is 0.569. The van der Waals surface area contributed by atoms with E-state index in [0.29, 0.717) is 5.76 Å². The Bertz CT molecular complexity index is 224. The van der Waals surface area contributed by atoms with Crippen LogP contribution >= 0.6 is 0 Å². The van der Waals surface area contributed by atoms with Crippen LogP contribution in [0.1, 0.15) is 0 Å². The van der Waals surface area contributed by atoms with Crippen molar-refractivity contribution in [2.45, 2.75) is 0 Å². The third kappa shape index (κ3) is 1.32. The highest BCUT2D eigenvalue weighted by atomic mass is 16.5. The predicted octanol–water partition coefficient (Wildman–Crippen LogP) is 0.944. The van der Waals surface area contributed by atoms with Crippen LogP contribution in [-0.2, 0) is 4.74 Å². The van der Waals surface area contributed by atoms with E-state index in [2.05, 4.69) is 16.8 Å². The summed E-state index contributed by atoms with van der Waals surface area (Å²) in [6.45, 7) is 0. The van der Waals surface area contributed by atoms with Crippen LogP contribution in [0.3, 0.4) is 0 Å². The van der Waals surface area contributed by atoms with Crippen LogP contribution in [0.5, 0.6) is 0 Å². The molecule has 0 aromatic heterocycles. The largest absolute Gasteiger partial charge is 0.489 e. The minimum Gasteiger partial charge on any atom is -0.489 e. The Labute approximate surface area is 60.2 Å². The van der Waals surface area contributed by atoms with Gasteiger partial charge in [-0.25, -0.2) is 0 Å². The minimum absolute atomic E-state index is 0.707. The molecule has 0 radical (unpaired) electrons. The number of rotatable bonds is 2. The molecule has 0 amide bonds. The summed E-state index contributed by atoms with van der Waals surface area (Å²) in [5.41, 5.74) is 6.62. The van der Waals surface area contributed by atoms with Gasteiger partial charge in [0, 0.05) is 7.05 Å². The molecule has 1 aliphatic rings. The zero-order valence-electron chi connectivity index (χ0n) is 6.06. The molecule has 1 aliphatic carbocycles. The zero-order valence-corrected chi connectivity index (χ0v) is 6.06. The lowest BCUT2D eigenvalue weighted by atomic mass is 10.3. The molecule has 1 rings (SSSR count). The van der Waals surface area contributed by atoms with Crippen LogP contribution in [0, 0.1) is 0 Å². The van der Waals surface area contributed by atoms with Gasteiger partial charge in [0.15, 0.2) is 5.76 Å². The summed E-state index contributed by atoms with van der Waals surface area (Å²) in [4.78, 5) is 0. The lowest BCUT2D eigenvalue weighted by Crippen LogP contribution is -2.02. The molecule has 0 spiro atoms. The molecule has 2 nitrogen and oxygen atoms in total. The highest BCUT2D eigenvalue weighted by Gasteiger charge is 1.91. The Hall–Kier alpha value is -1.36. The maximum absolute atomic E-state index is 4.90. The summed E-state index contributed by atoms with van der Waals surface area (Å²) < 4.78 is 4.90. The predicted molar refractivity (Wildman–Crippen MR) is 39.3 cm³/mol. The molecule has 52 valence electrons. The third-order valence-corrected chi connectivity index (χ3v) is 1.21. The van der Waals surface area contributed by atoms with Crippen molar-refractivity contribution in [1.82, 2.24) is 5.32 Å². The molecular formula is C8H9NO. The van der Waals surface area contributed by atoms with E-state index in [1.165, 1.54) is 0 Å². The highest BCUT2D eigenvalue weighted by Crippen LogP contribution is 2.01. The second-order valence-corrected chi connectivity index (χ2v) is 1.82. The van der Waals surface area contributed by atoms with Gasteiger partial charge in [-0.3, -0.25) is 0 Å². The van der Waals surface area contributed by atoms with E-state index in [1.54, 1.807) is 7.11 Å². The number of ether oxygens (including phenoxy) is 1. The number of hydrogen-bond acceptors (Lipinski definition) is 2. The van der Waals surface area contributed by atoms with Crippen molar-refractivity contribution in [2.24, 2.45) is 0 Å². The topological polar surface area (TPSA) is 21.3 Å². The van der Waals surface area contributed by atoms with Gasteiger partial charge in [-0.1, -0.05) is 0 Å². The molecule has 0 bridgehead atoms. The standard InChI is InChI=1S/C8H9NO/c1-9-7-3-5-8(10-2)6-4-7/h3,5,9H,1-2H3. The number of nitrogens with one attached hydrogen (secondary N) is 1. The first kappa shape index (κ1) is 6.76. The van der Waals surface area contributed by atoms with Gasteiger partial charge in [-0.2, -0.15) is 0 Å². The van der Waals surface area contributed by atoms with Crippen molar-refractivity contribution in [3.05, 3.63) is 35.1 Å². The third-order valence-electron chi connectivity index (χ3n) is 1.21. The zero-order chi connectivity index (χ0) is 7.40. The average molecular weight is 135 g/mol. The lowest BCUT2D eigenvalue weighted by molar-refractivity contribution is 0.307. The summed E-state index contributed by atoms with van der Waals surface area (Å²) in [7, 11) is 3.45. The Morgan fingerprint density at radius 1 is 1.40 bits per heavy atom. The monoisotopic (exact) mass is 135 g/mol. The Balaban J connectivity index is 2.94. The van der Waals surface area contributed by atoms with Gasteiger partial charge in [-0.15, -0.1) is 0 Å². The van der Waals surface area contributed by atoms with Crippen LogP contribution in [0.15, 0.2) is 35.1 Å². The van der Waals surface area contributed by atoms with Gasteiger partial charge in [0.25, 0.3) is 0 Å². The molecule has 0 atom stereocenters. The Kier molecular flexibility index (Phi) is 2.01. The number of likely N-dealkylation sites (N-methyl/N-ethyl adjacent to an activating group) is 1. The van der Waals surface area contributed by atoms with E-state index in [-0.39, 0.29) is 0 Å². The summed E-state index contributed by atoms with van der Waals surface area (Å²) >= 11 is 0. The van der Waals surface area contributed by atoms with Crippen molar-refractivity contribution in [2.75, 3.05) is 14.2 Å². The van der Waals surface area contributed by atoms with Gasteiger partial charge in [-0.05, 0) is 23.6 Å². The molecule has 0 fully saturated rings. The highest BCUT2D eigenvalue weighted by molar-refractivity contribution is 5.27. The molecule has 0 unspecified atom stereocenters. The molecule has 0 saturated carbocycles. The van der Waals surface area contributed by atoms with Crippen LogP contribution in [-0.4, -0.2) is 14.2 Å². The molecule has 0 aromatic carbocycles. The smallest absolute Gasteiger partial charge is 0.170 e. The van der Waals surface area contributed by atoms with Gasteiger partial charge >= 0.3 is 0 Å². The van der Waals surface area contributed by atoms with Gasteiger partial charge < -0.3 is 10.1 Å². The molecule has 1 N–H and O–H groups in total. The molecule has 0 saturated heterocycles. The minimum atomic E-state index is 0.707. The van der Waals surface area contributed by atoms with Crippen molar-refractivity contribution < 1.29 is 4.74 Å². The number of hydrogen-bond donors (Lipinski definition) is 1. The van der Waals surface area contributed by atoms with Crippen molar-refractivity contribution in [3.63, 3.8) is 0 Å². The number of methoxy groups -OCH3 is 1. The fraction of sp³-hybridized carbons (Fsp3) is 0.250. The Morgan fingerprint density at radius 3 is 2.60 bits per heavy atom. The lowest BCUT2D eigenvalue weighted by Gasteiger charge is -1.99. The first-order valence-corrected chi connectivity index (χ1v) is 3.02. The van der Waals surface area contributed by atoms with Gasteiger partial charge in [0.05, 0.1) is 12.8 Å². The second kappa shape index (κ2) is 2.98. The van der Waals surface area contributed by atoms with Gasteiger partial charge in [0.1, 0.15) is 0 Å². The van der Waals surface area contributed by atoms with Crippen molar-refractivity contribution in [3.8, 4) is 0 Å². The van der Waals surface area contributed by atoms with E-state index in [4.69, 9.17) is 4.74 Å². The van der Waals surface area contributed by atoms with E-state index >= 15 is 0 Å². The van der Waals surface area contributed by atoms with E-state index < -0.39 is 0 Å². The summed E-state index contributed by atoms with van der Waals surface area (Å²) in [5.74, 6) is 0.707. The van der Waals surface area contributed by atoms with Crippen LogP contribution in [0.25, 0.3) is 0 Å². The first-order chi connectivity index (χ1) is 4.86. The Morgan fingerprint density at radius 2 is 2.20 bits per heavy atom. The van der Waals surface area contributed by atoms with Crippen molar-refractivity contribution in [1.29, 1.82) is 0 Å². The average Bonchev–Trinajstić information content (AvgIpc) is 2.05. The molecule has 0 aromatic rings. The molecule has 0 aliphatic heterocycles. The summed E-state index contributed by atoms with van der Waals surface area (Å²) in [6.07, 6.45) is 3.72. The maximum atomic E-state index is 4.90. The summed E-state index contributed by atoms with van der Waals surface area (Å²) in [6, 6.07) is 0. The molecule has 0 heterocycles. The SMILES string of the molecule is CNC1=C=C=C(OC)C=C1. The van der Waals surface area contributed by atoms with E-state index in [0.717, 1.165) is 5.70 Å². The van der Waals surface area contributed by atoms with Crippen molar-refractivity contribution >= 4 is 0 Å². The van der Waals surface area contributed by atoms with Crippen LogP contribution in [0.4, 0.5) is 0 Å². The molecule has 10 heavy (non-hydrogen) atoms. The maximum Gasteiger partial charge on any atom is 0.170 e. The van der Waals surface area contributed by atoms with E-state index in [1.807, 2.05) is 19.2 Å². The molecule has 2 heteroatoms. The van der Waals surface area contributed by atoms with Gasteiger partial charge in [0.2, 0.25) is 0 Å². The number of allylic oxidation sites excluding steroid dienone is 2. The normalized spacial score (nSPS) is 14.2.